The molecule has 188 valence electrons. The van der Waals surface area contributed by atoms with E-state index in [2.05, 4.69) is 25.6 Å². The minimum atomic E-state index is -0.872. The Labute approximate surface area is 205 Å². The highest BCUT2D eigenvalue weighted by Crippen LogP contribution is 2.26. The van der Waals surface area contributed by atoms with Crippen LogP contribution >= 0.6 is 0 Å². The Hall–Kier alpha value is -3.40. The van der Waals surface area contributed by atoms with E-state index in [-0.39, 0.29) is 5.91 Å². The van der Waals surface area contributed by atoms with Gasteiger partial charge in [0.25, 0.3) is 0 Å². The van der Waals surface area contributed by atoms with Crippen LogP contribution in [0.2, 0.25) is 0 Å². The highest BCUT2D eigenvalue weighted by molar-refractivity contribution is 5.84. The van der Waals surface area contributed by atoms with Gasteiger partial charge in [0.15, 0.2) is 17.8 Å². The zero-order chi connectivity index (χ0) is 24.5. The van der Waals surface area contributed by atoms with E-state index in [1.807, 2.05) is 12.1 Å². The minimum absolute atomic E-state index is 0.267. The summed E-state index contributed by atoms with van der Waals surface area (Å²) in [5.41, 5.74) is 7.36. The topological polar surface area (TPSA) is 151 Å². The van der Waals surface area contributed by atoms with E-state index < -0.39 is 6.29 Å². The smallest absolute Gasteiger partial charge is 0.231 e. The van der Waals surface area contributed by atoms with Crippen LogP contribution in [-0.4, -0.2) is 43.3 Å². The molecule has 1 amide bonds. The standard InChI is InChI=1S/C25H35N7O3/c26-20(33)10-6-1-2-7-11-21(34)35-19-14-12-18(13-15-19)30-25-31-23-22(27-16-28-23)24(32-25)29-17-8-4-3-5-9-17/h12-17,21,34H,1-11H2,(H2,26,33)(H3,27,28,29,30,31,32). The molecule has 2 aromatic heterocycles. The van der Waals surface area contributed by atoms with E-state index in [1.165, 1.54) is 19.3 Å². The average Bonchev–Trinajstić information content (AvgIpc) is 3.32. The molecule has 0 bridgehead atoms. The van der Waals surface area contributed by atoms with Crippen LogP contribution in [0.1, 0.15) is 70.6 Å². The summed E-state index contributed by atoms with van der Waals surface area (Å²) in [6.07, 6.45) is 11.2. The number of nitrogens with one attached hydrogen (secondary N) is 3. The van der Waals surface area contributed by atoms with Crippen molar-refractivity contribution in [2.75, 3.05) is 10.6 Å². The zero-order valence-corrected chi connectivity index (χ0v) is 20.0. The number of nitrogens with two attached hydrogens (primary N) is 1. The Morgan fingerprint density at radius 1 is 1.11 bits per heavy atom. The number of primary amides is 1. The number of H-pyrrole nitrogens is 1. The van der Waals surface area contributed by atoms with Gasteiger partial charge in [-0.2, -0.15) is 9.97 Å². The molecule has 0 aliphatic heterocycles. The maximum atomic E-state index is 10.7. The van der Waals surface area contributed by atoms with Crippen LogP contribution < -0.4 is 21.1 Å². The van der Waals surface area contributed by atoms with E-state index in [0.717, 1.165) is 55.5 Å². The molecule has 1 unspecified atom stereocenters. The Balaban J connectivity index is 1.29. The lowest BCUT2D eigenvalue weighted by atomic mass is 9.95. The number of amides is 1. The number of ether oxygens (including phenoxy) is 1. The molecule has 0 spiro atoms. The summed E-state index contributed by atoms with van der Waals surface area (Å²) >= 11 is 0. The largest absolute Gasteiger partial charge is 0.465 e. The number of hydrogen-bond acceptors (Lipinski definition) is 8. The lowest BCUT2D eigenvalue weighted by Crippen LogP contribution is -2.23. The first-order chi connectivity index (χ1) is 17.1. The molecule has 3 aromatic rings. The van der Waals surface area contributed by atoms with Gasteiger partial charge in [-0.25, -0.2) is 4.98 Å². The third-order valence-corrected chi connectivity index (χ3v) is 6.24. The second kappa shape index (κ2) is 12.3. The fraction of sp³-hybridized carbons (Fsp3) is 0.520. The summed E-state index contributed by atoms with van der Waals surface area (Å²) in [6, 6.07) is 7.73. The van der Waals surface area contributed by atoms with Crippen LogP contribution in [0.15, 0.2) is 30.6 Å². The predicted molar refractivity (Wildman–Crippen MR) is 135 cm³/mol. The zero-order valence-electron chi connectivity index (χ0n) is 20.0. The van der Waals surface area contributed by atoms with Gasteiger partial charge in [0.1, 0.15) is 11.3 Å². The van der Waals surface area contributed by atoms with Crippen molar-refractivity contribution in [3.05, 3.63) is 30.6 Å². The molecule has 1 aliphatic rings. The summed E-state index contributed by atoms with van der Waals surface area (Å²) in [5.74, 6) is 1.55. The first-order valence-corrected chi connectivity index (χ1v) is 12.5. The molecule has 1 aliphatic carbocycles. The second-order valence-electron chi connectivity index (χ2n) is 9.12. The van der Waals surface area contributed by atoms with Crippen molar-refractivity contribution in [1.82, 2.24) is 19.9 Å². The molecule has 1 atom stereocenters. The fourth-order valence-corrected chi connectivity index (χ4v) is 4.37. The second-order valence-corrected chi connectivity index (χ2v) is 9.12. The third kappa shape index (κ3) is 7.54. The number of nitrogens with zero attached hydrogens (tertiary/aromatic N) is 3. The molecule has 6 N–H and O–H groups in total. The van der Waals surface area contributed by atoms with Gasteiger partial charge in [-0.3, -0.25) is 4.79 Å². The summed E-state index contributed by atoms with van der Waals surface area (Å²) < 4.78 is 5.61. The number of imidazole rings is 1. The van der Waals surface area contributed by atoms with Crippen molar-refractivity contribution in [2.45, 2.75) is 83.0 Å². The van der Waals surface area contributed by atoms with Crippen LogP contribution in [0, 0.1) is 0 Å². The molecule has 1 fully saturated rings. The minimum Gasteiger partial charge on any atom is -0.465 e. The first kappa shape index (κ1) is 24.7. The molecular formula is C25H35N7O3. The number of hydrogen-bond donors (Lipinski definition) is 5. The van der Waals surface area contributed by atoms with E-state index in [4.69, 9.17) is 15.5 Å². The molecule has 1 aromatic carbocycles. The summed E-state index contributed by atoms with van der Waals surface area (Å²) in [7, 11) is 0. The number of aliphatic hydroxyl groups is 1. The average molecular weight is 482 g/mol. The number of anilines is 3. The normalized spacial score (nSPS) is 15.1. The van der Waals surface area contributed by atoms with Crippen molar-refractivity contribution in [1.29, 1.82) is 0 Å². The Morgan fingerprint density at radius 3 is 2.66 bits per heavy atom. The van der Waals surface area contributed by atoms with Gasteiger partial charge in [-0.05, 0) is 49.9 Å². The van der Waals surface area contributed by atoms with Crippen molar-refractivity contribution in [2.24, 2.45) is 5.73 Å². The van der Waals surface area contributed by atoms with Gasteiger partial charge in [-0.1, -0.05) is 32.1 Å². The van der Waals surface area contributed by atoms with Gasteiger partial charge in [0, 0.05) is 24.6 Å². The highest BCUT2D eigenvalue weighted by Gasteiger charge is 2.17. The van der Waals surface area contributed by atoms with Crippen molar-refractivity contribution in [3.8, 4) is 5.75 Å². The van der Waals surface area contributed by atoms with E-state index in [1.54, 1.807) is 18.5 Å². The van der Waals surface area contributed by atoms with Gasteiger partial charge < -0.3 is 31.2 Å². The number of fused-ring (bicyclic) bond motifs is 1. The lowest BCUT2D eigenvalue weighted by Gasteiger charge is -2.23. The third-order valence-electron chi connectivity index (χ3n) is 6.24. The van der Waals surface area contributed by atoms with E-state index in [0.29, 0.717) is 36.2 Å². The van der Waals surface area contributed by atoms with E-state index in [9.17, 15) is 9.90 Å². The molecule has 10 heteroatoms. The summed E-state index contributed by atoms with van der Waals surface area (Å²) in [5, 5.41) is 17.0. The molecule has 4 rings (SSSR count). The van der Waals surface area contributed by atoms with Crippen molar-refractivity contribution >= 4 is 34.5 Å². The summed E-state index contributed by atoms with van der Waals surface area (Å²) in [4.78, 5) is 27.4. The lowest BCUT2D eigenvalue weighted by molar-refractivity contribution is -0.118. The molecule has 1 saturated carbocycles. The number of carbonyl (C=O) groups excluding carboxylic acids is 1. The van der Waals surface area contributed by atoms with Crippen LogP contribution in [0.25, 0.3) is 11.2 Å². The number of aromatic amines is 1. The Bertz CT molecular complexity index is 1080. The molecule has 0 saturated heterocycles. The number of carbonyl (C=O) groups is 1. The number of benzene rings is 1. The van der Waals surface area contributed by atoms with Crippen LogP contribution in [0.4, 0.5) is 17.5 Å². The van der Waals surface area contributed by atoms with Crippen LogP contribution in [0.3, 0.4) is 0 Å². The number of unbranched alkanes of at least 4 members (excludes halogenated alkanes) is 3. The summed E-state index contributed by atoms with van der Waals surface area (Å²) in [6.45, 7) is 0. The maximum Gasteiger partial charge on any atom is 0.231 e. The monoisotopic (exact) mass is 481 g/mol. The van der Waals surface area contributed by atoms with Gasteiger partial charge in [0.2, 0.25) is 11.9 Å². The fourth-order valence-electron chi connectivity index (χ4n) is 4.37. The number of aliphatic hydroxyl groups excluding tert-OH is 1. The van der Waals surface area contributed by atoms with E-state index >= 15 is 0 Å². The Kier molecular flexibility index (Phi) is 8.72. The van der Waals surface area contributed by atoms with Crippen LogP contribution in [0.5, 0.6) is 5.75 Å². The first-order valence-electron chi connectivity index (χ1n) is 12.5. The molecule has 35 heavy (non-hydrogen) atoms. The SMILES string of the molecule is NC(=O)CCCCCCC(O)Oc1ccc(Nc2nc(NC3CCCCC3)c3[nH]cnc3n2)cc1. The number of rotatable bonds is 13. The predicted octanol–water partition coefficient (Wildman–Crippen LogP) is 4.36. The van der Waals surface area contributed by atoms with Crippen molar-refractivity contribution in [3.63, 3.8) is 0 Å². The number of aromatic nitrogens is 4. The van der Waals surface area contributed by atoms with Crippen molar-refractivity contribution < 1.29 is 14.6 Å². The molecular weight excluding hydrogens is 446 g/mol. The maximum absolute atomic E-state index is 10.7. The molecule has 0 radical (unpaired) electrons. The van der Waals surface area contributed by atoms with Gasteiger partial charge >= 0.3 is 0 Å². The van der Waals surface area contributed by atoms with Gasteiger partial charge in [-0.15, -0.1) is 0 Å². The Morgan fingerprint density at radius 2 is 1.89 bits per heavy atom. The van der Waals surface area contributed by atoms with Gasteiger partial charge in [0.05, 0.1) is 6.33 Å². The molecule has 2 heterocycles. The quantitative estimate of drug-likeness (QED) is 0.178. The highest BCUT2D eigenvalue weighted by atomic mass is 16.6. The molecule has 10 nitrogen and oxygen atoms in total. The van der Waals surface area contributed by atoms with Crippen LogP contribution in [-0.2, 0) is 4.79 Å².